The van der Waals surface area contributed by atoms with Crippen LogP contribution >= 0.6 is 11.6 Å². The number of furan rings is 1. The highest BCUT2D eigenvalue weighted by Crippen LogP contribution is 2.21. The molecular formula is C7H10ClNO2. The maximum Gasteiger partial charge on any atom is 0.193 e. The third-order valence-corrected chi connectivity index (χ3v) is 1.59. The van der Waals surface area contributed by atoms with E-state index in [0.29, 0.717) is 5.76 Å². The average Bonchev–Trinajstić information content (AvgIpc) is 2.34. The lowest BCUT2D eigenvalue weighted by molar-refractivity contribution is 0.127. The van der Waals surface area contributed by atoms with E-state index in [1.165, 1.54) is 0 Å². The Hall–Kier alpha value is -0.510. The number of hydrogen-bond donors (Lipinski definition) is 2. The third kappa shape index (κ3) is 1.96. The van der Waals surface area contributed by atoms with Gasteiger partial charge in [-0.3, -0.25) is 0 Å². The van der Waals surface area contributed by atoms with Crippen molar-refractivity contribution in [1.29, 1.82) is 0 Å². The molecule has 0 aliphatic rings. The van der Waals surface area contributed by atoms with Gasteiger partial charge < -0.3 is 15.3 Å². The van der Waals surface area contributed by atoms with E-state index in [4.69, 9.17) is 21.8 Å². The van der Waals surface area contributed by atoms with Gasteiger partial charge in [0.2, 0.25) is 0 Å². The molecule has 3 N–H and O–H groups in total. The molecule has 0 spiro atoms. The Morgan fingerprint density at radius 2 is 2.27 bits per heavy atom. The molecule has 2 atom stereocenters. The lowest BCUT2D eigenvalue weighted by atomic mass is 10.1. The fourth-order valence-corrected chi connectivity index (χ4v) is 0.898. The second-order valence-electron chi connectivity index (χ2n) is 2.45. The summed E-state index contributed by atoms with van der Waals surface area (Å²) in [7, 11) is 0. The summed E-state index contributed by atoms with van der Waals surface area (Å²) in [6.07, 6.45) is -0.775. The predicted molar refractivity (Wildman–Crippen MR) is 42.3 cm³/mol. The first-order valence-corrected chi connectivity index (χ1v) is 3.68. The molecule has 1 heterocycles. The topological polar surface area (TPSA) is 59.4 Å². The van der Waals surface area contributed by atoms with E-state index in [2.05, 4.69) is 0 Å². The van der Waals surface area contributed by atoms with Crippen molar-refractivity contribution in [1.82, 2.24) is 0 Å². The van der Waals surface area contributed by atoms with Gasteiger partial charge in [-0.2, -0.15) is 0 Å². The van der Waals surface area contributed by atoms with Gasteiger partial charge in [-0.05, 0) is 30.7 Å². The minimum absolute atomic E-state index is 0.264. The van der Waals surface area contributed by atoms with Crippen molar-refractivity contribution in [2.45, 2.75) is 19.1 Å². The molecular weight excluding hydrogens is 166 g/mol. The van der Waals surface area contributed by atoms with E-state index < -0.39 is 6.10 Å². The van der Waals surface area contributed by atoms with Crippen molar-refractivity contribution < 1.29 is 9.52 Å². The van der Waals surface area contributed by atoms with E-state index in [1.54, 1.807) is 19.1 Å². The summed E-state index contributed by atoms with van der Waals surface area (Å²) >= 11 is 5.49. The fraction of sp³-hybridized carbons (Fsp3) is 0.429. The molecule has 0 aliphatic heterocycles. The number of aliphatic hydroxyl groups is 1. The summed E-state index contributed by atoms with van der Waals surface area (Å²) in [5, 5.41) is 9.60. The van der Waals surface area contributed by atoms with Crippen molar-refractivity contribution >= 4 is 11.6 Å². The summed E-state index contributed by atoms with van der Waals surface area (Å²) in [6.45, 7) is 1.70. The first-order valence-electron chi connectivity index (χ1n) is 3.30. The van der Waals surface area contributed by atoms with Crippen LogP contribution in [-0.4, -0.2) is 11.1 Å². The molecule has 0 amide bonds. The van der Waals surface area contributed by atoms with Gasteiger partial charge in [-0.15, -0.1) is 0 Å². The van der Waals surface area contributed by atoms with Crippen LogP contribution in [0.2, 0.25) is 5.22 Å². The Kier molecular flexibility index (Phi) is 2.54. The first kappa shape index (κ1) is 8.59. The number of nitrogens with two attached hydrogens (primary N) is 1. The Morgan fingerprint density at radius 3 is 2.64 bits per heavy atom. The number of rotatable bonds is 2. The van der Waals surface area contributed by atoms with Crippen LogP contribution in [0.25, 0.3) is 0 Å². The number of aliphatic hydroxyl groups excluding tert-OH is 1. The van der Waals surface area contributed by atoms with Crippen LogP contribution < -0.4 is 5.73 Å². The van der Waals surface area contributed by atoms with Gasteiger partial charge in [-0.1, -0.05) is 0 Å². The molecule has 0 aromatic carbocycles. The number of halogens is 1. The molecule has 11 heavy (non-hydrogen) atoms. The molecule has 0 aliphatic carbocycles. The second kappa shape index (κ2) is 3.26. The molecule has 0 saturated carbocycles. The molecule has 3 nitrogen and oxygen atoms in total. The van der Waals surface area contributed by atoms with Crippen LogP contribution in [0, 0.1) is 0 Å². The maximum atomic E-state index is 9.33. The van der Waals surface area contributed by atoms with Gasteiger partial charge >= 0.3 is 0 Å². The molecule has 2 unspecified atom stereocenters. The minimum atomic E-state index is -0.775. The molecule has 0 bridgehead atoms. The van der Waals surface area contributed by atoms with E-state index in [-0.39, 0.29) is 11.3 Å². The molecule has 62 valence electrons. The summed E-state index contributed by atoms with van der Waals surface area (Å²) < 4.78 is 4.94. The van der Waals surface area contributed by atoms with Gasteiger partial charge in [0.05, 0.1) is 0 Å². The molecule has 1 aromatic rings. The first-order chi connectivity index (χ1) is 5.11. The van der Waals surface area contributed by atoms with E-state index >= 15 is 0 Å². The summed E-state index contributed by atoms with van der Waals surface area (Å²) in [6, 6.07) is 2.83. The zero-order chi connectivity index (χ0) is 8.43. The lowest BCUT2D eigenvalue weighted by Gasteiger charge is -2.10. The highest BCUT2D eigenvalue weighted by Gasteiger charge is 2.15. The second-order valence-corrected chi connectivity index (χ2v) is 2.82. The lowest BCUT2D eigenvalue weighted by Crippen LogP contribution is -2.23. The highest BCUT2D eigenvalue weighted by atomic mass is 35.5. The minimum Gasteiger partial charge on any atom is -0.447 e. The van der Waals surface area contributed by atoms with Crippen molar-refractivity contribution in [2.75, 3.05) is 0 Å². The van der Waals surface area contributed by atoms with E-state index in [0.717, 1.165) is 0 Å². The van der Waals surface area contributed by atoms with Gasteiger partial charge in [0.1, 0.15) is 11.9 Å². The van der Waals surface area contributed by atoms with Crippen molar-refractivity contribution in [3.8, 4) is 0 Å². The Bertz CT molecular complexity index is 234. The Balaban J connectivity index is 2.76. The molecule has 1 rings (SSSR count). The van der Waals surface area contributed by atoms with Crippen LogP contribution in [0.3, 0.4) is 0 Å². The molecule has 0 saturated heterocycles. The monoisotopic (exact) mass is 175 g/mol. The quantitative estimate of drug-likeness (QED) is 0.713. The van der Waals surface area contributed by atoms with Crippen molar-refractivity contribution in [2.24, 2.45) is 5.73 Å². The average molecular weight is 176 g/mol. The van der Waals surface area contributed by atoms with Gasteiger partial charge in [0.25, 0.3) is 0 Å². The molecule has 4 heteroatoms. The largest absolute Gasteiger partial charge is 0.447 e. The van der Waals surface area contributed by atoms with Gasteiger partial charge in [0, 0.05) is 6.04 Å². The van der Waals surface area contributed by atoms with Crippen molar-refractivity contribution in [3.63, 3.8) is 0 Å². The smallest absolute Gasteiger partial charge is 0.193 e. The SMILES string of the molecule is CC(N)C(O)c1ccc(Cl)o1. The molecule has 1 aromatic heterocycles. The normalized spacial score (nSPS) is 16.4. The van der Waals surface area contributed by atoms with Gasteiger partial charge in [-0.25, -0.2) is 0 Å². The third-order valence-electron chi connectivity index (χ3n) is 1.38. The van der Waals surface area contributed by atoms with Crippen molar-refractivity contribution in [3.05, 3.63) is 23.1 Å². The zero-order valence-electron chi connectivity index (χ0n) is 6.12. The highest BCUT2D eigenvalue weighted by molar-refractivity contribution is 6.28. The van der Waals surface area contributed by atoms with Crippen LogP contribution in [0.5, 0.6) is 0 Å². The number of hydrogen-bond acceptors (Lipinski definition) is 3. The molecule has 0 fully saturated rings. The zero-order valence-corrected chi connectivity index (χ0v) is 6.88. The summed E-state index contributed by atoms with van der Waals surface area (Å²) in [5.41, 5.74) is 5.42. The standard InChI is InChI=1S/C7H10ClNO2/c1-4(9)7(10)5-2-3-6(8)11-5/h2-4,7,10H,9H2,1H3. The van der Waals surface area contributed by atoms with Crippen LogP contribution in [0.15, 0.2) is 16.5 Å². The fourth-order valence-electron chi connectivity index (χ4n) is 0.746. The molecule has 0 radical (unpaired) electrons. The van der Waals surface area contributed by atoms with Crippen LogP contribution in [0.4, 0.5) is 0 Å². The van der Waals surface area contributed by atoms with Crippen LogP contribution in [0.1, 0.15) is 18.8 Å². The van der Waals surface area contributed by atoms with E-state index in [1.807, 2.05) is 0 Å². The predicted octanol–water partition coefficient (Wildman–Crippen LogP) is 1.31. The Morgan fingerprint density at radius 1 is 1.64 bits per heavy atom. The Labute approximate surface area is 69.8 Å². The maximum absolute atomic E-state index is 9.33. The summed E-state index contributed by atoms with van der Waals surface area (Å²) in [4.78, 5) is 0. The van der Waals surface area contributed by atoms with E-state index in [9.17, 15) is 5.11 Å². The summed E-state index contributed by atoms with van der Waals surface area (Å²) in [5.74, 6) is 0.407. The van der Waals surface area contributed by atoms with Crippen LogP contribution in [-0.2, 0) is 0 Å². The van der Waals surface area contributed by atoms with Gasteiger partial charge in [0.15, 0.2) is 5.22 Å².